The van der Waals surface area contributed by atoms with Crippen LogP contribution in [0.4, 0.5) is 4.39 Å². The molecule has 1 heterocycles. The van der Waals surface area contributed by atoms with Crippen molar-refractivity contribution < 1.29 is 19.0 Å². The molecule has 0 aliphatic heterocycles. The molecule has 0 spiro atoms. The summed E-state index contributed by atoms with van der Waals surface area (Å²) in [6, 6.07) is 3.18. The van der Waals surface area contributed by atoms with Crippen LogP contribution in [0.1, 0.15) is 10.4 Å². The average Bonchev–Trinajstić information content (AvgIpc) is 2.37. The lowest BCUT2D eigenvalue weighted by molar-refractivity contribution is 0.0696. The van der Waals surface area contributed by atoms with E-state index in [1.165, 1.54) is 13.2 Å². The van der Waals surface area contributed by atoms with Crippen LogP contribution in [0.15, 0.2) is 18.2 Å². The number of carbonyl (C=O) groups is 1. The van der Waals surface area contributed by atoms with Gasteiger partial charge in [-0.3, -0.25) is 0 Å². The number of rotatable bonds is 3. The SMILES string of the molecule is COc1nc(Cl)nc(-c2cc(F)cc(C(=O)O)c2)n1. The third-order valence-corrected chi connectivity index (χ3v) is 2.34. The summed E-state index contributed by atoms with van der Waals surface area (Å²) in [7, 11) is 1.34. The molecule has 0 aliphatic carbocycles. The van der Waals surface area contributed by atoms with E-state index in [0.717, 1.165) is 12.1 Å². The molecule has 1 aromatic carbocycles. The number of hydrogen-bond acceptors (Lipinski definition) is 5. The topological polar surface area (TPSA) is 85.2 Å². The first kappa shape index (κ1) is 13.2. The predicted octanol–water partition coefficient (Wildman–Crippen LogP) is 2.04. The van der Waals surface area contributed by atoms with Gasteiger partial charge in [0.05, 0.1) is 12.7 Å². The van der Waals surface area contributed by atoms with E-state index in [2.05, 4.69) is 15.0 Å². The van der Waals surface area contributed by atoms with Crippen molar-refractivity contribution in [3.63, 3.8) is 0 Å². The van der Waals surface area contributed by atoms with Crippen molar-refractivity contribution >= 4 is 17.6 Å². The number of ether oxygens (including phenoxy) is 1. The number of nitrogens with zero attached hydrogens (tertiary/aromatic N) is 3. The second kappa shape index (κ2) is 5.15. The summed E-state index contributed by atoms with van der Waals surface area (Å²) in [5.74, 6) is -1.95. The van der Waals surface area contributed by atoms with Gasteiger partial charge in [-0.2, -0.15) is 15.0 Å². The van der Waals surface area contributed by atoms with Crippen molar-refractivity contribution in [2.24, 2.45) is 0 Å². The number of halogens is 2. The average molecular weight is 284 g/mol. The molecule has 19 heavy (non-hydrogen) atoms. The number of carboxylic acids is 1. The van der Waals surface area contributed by atoms with Crippen molar-refractivity contribution in [1.29, 1.82) is 0 Å². The van der Waals surface area contributed by atoms with E-state index < -0.39 is 11.8 Å². The van der Waals surface area contributed by atoms with Crippen molar-refractivity contribution in [1.82, 2.24) is 15.0 Å². The summed E-state index contributed by atoms with van der Waals surface area (Å²) in [4.78, 5) is 22.2. The van der Waals surface area contributed by atoms with Crippen LogP contribution >= 0.6 is 11.6 Å². The molecule has 2 rings (SSSR count). The number of aromatic carboxylic acids is 1. The van der Waals surface area contributed by atoms with E-state index in [-0.39, 0.29) is 28.2 Å². The molecule has 8 heteroatoms. The van der Waals surface area contributed by atoms with Crippen LogP contribution < -0.4 is 4.74 Å². The van der Waals surface area contributed by atoms with Gasteiger partial charge in [-0.1, -0.05) is 0 Å². The van der Waals surface area contributed by atoms with Crippen molar-refractivity contribution in [2.75, 3.05) is 7.11 Å². The minimum atomic E-state index is -1.26. The molecule has 2 aromatic rings. The van der Waals surface area contributed by atoms with Crippen LogP contribution in [-0.4, -0.2) is 33.1 Å². The molecule has 6 nitrogen and oxygen atoms in total. The molecular weight excluding hydrogens is 277 g/mol. The summed E-state index contributed by atoms with van der Waals surface area (Å²) in [6.07, 6.45) is 0. The van der Waals surface area contributed by atoms with Gasteiger partial charge < -0.3 is 9.84 Å². The molecule has 0 saturated carbocycles. The fraction of sp³-hybridized carbons (Fsp3) is 0.0909. The van der Waals surface area contributed by atoms with Crippen molar-refractivity contribution in [3.05, 3.63) is 34.9 Å². The zero-order valence-electron chi connectivity index (χ0n) is 9.59. The largest absolute Gasteiger partial charge is 0.478 e. The summed E-state index contributed by atoms with van der Waals surface area (Å²) >= 11 is 5.67. The van der Waals surface area contributed by atoms with E-state index >= 15 is 0 Å². The Morgan fingerprint density at radius 3 is 2.68 bits per heavy atom. The molecule has 0 atom stereocenters. The fourth-order valence-corrected chi connectivity index (χ4v) is 1.55. The fourth-order valence-electron chi connectivity index (χ4n) is 1.39. The van der Waals surface area contributed by atoms with E-state index in [1.807, 2.05) is 0 Å². The van der Waals surface area contributed by atoms with Gasteiger partial charge in [0.1, 0.15) is 5.82 Å². The van der Waals surface area contributed by atoms with Crippen LogP contribution in [0.5, 0.6) is 6.01 Å². The Morgan fingerprint density at radius 2 is 2.05 bits per heavy atom. The van der Waals surface area contributed by atoms with E-state index in [4.69, 9.17) is 21.4 Å². The maximum absolute atomic E-state index is 13.4. The summed E-state index contributed by atoms with van der Waals surface area (Å²) in [5, 5.41) is 8.73. The second-order valence-electron chi connectivity index (χ2n) is 3.45. The first-order valence-corrected chi connectivity index (χ1v) is 5.37. The molecule has 0 amide bonds. The van der Waals surface area contributed by atoms with Gasteiger partial charge in [0.25, 0.3) is 0 Å². The van der Waals surface area contributed by atoms with Crippen molar-refractivity contribution in [3.8, 4) is 17.4 Å². The van der Waals surface area contributed by atoms with Crippen LogP contribution in [0.25, 0.3) is 11.4 Å². The molecule has 0 aliphatic rings. The third-order valence-electron chi connectivity index (χ3n) is 2.17. The molecule has 0 fully saturated rings. The maximum Gasteiger partial charge on any atom is 0.335 e. The molecule has 0 radical (unpaired) electrons. The summed E-state index contributed by atoms with van der Waals surface area (Å²) < 4.78 is 18.2. The van der Waals surface area contributed by atoms with Crippen LogP contribution in [0.3, 0.4) is 0 Å². The molecule has 1 N–H and O–H groups in total. The third kappa shape index (κ3) is 2.94. The number of methoxy groups -OCH3 is 1. The first-order valence-electron chi connectivity index (χ1n) is 4.99. The second-order valence-corrected chi connectivity index (χ2v) is 3.79. The van der Waals surface area contributed by atoms with Crippen LogP contribution in [0.2, 0.25) is 5.28 Å². The Morgan fingerprint density at radius 1 is 1.32 bits per heavy atom. The van der Waals surface area contributed by atoms with Gasteiger partial charge in [-0.05, 0) is 29.8 Å². The lowest BCUT2D eigenvalue weighted by atomic mass is 10.1. The lowest BCUT2D eigenvalue weighted by Crippen LogP contribution is -2.01. The molecular formula is C11H7ClFN3O3. The van der Waals surface area contributed by atoms with Crippen molar-refractivity contribution in [2.45, 2.75) is 0 Å². The quantitative estimate of drug-likeness (QED) is 0.928. The van der Waals surface area contributed by atoms with Gasteiger partial charge in [0.2, 0.25) is 5.28 Å². The summed E-state index contributed by atoms with van der Waals surface area (Å²) in [6.45, 7) is 0. The smallest absolute Gasteiger partial charge is 0.335 e. The molecule has 0 saturated heterocycles. The maximum atomic E-state index is 13.4. The zero-order valence-corrected chi connectivity index (χ0v) is 10.3. The molecule has 98 valence electrons. The first-order chi connectivity index (χ1) is 8.99. The Kier molecular flexibility index (Phi) is 3.57. The van der Waals surface area contributed by atoms with E-state index in [9.17, 15) is 9.18 Å². The molecule has 0 bridgehead atoms. The predicted molar refractivity (Wildman–Crippen MR) is 63.7 cm³/mol. The van der Waals surface area contributed by atoms with Gasteiger partial charge >= 0.3 is 12.0 Å². The van der Waals surface area contributed by atoms with Gasteiger partial charge in [-0.15, -0.1) is 0 Å². The lowest BCUT2D eigenvalue weighted by Gasteiger charge is -2.04. The minimum absolute atomic E-state index is 0.0267. The van der Waals surface area contributed by atoms with Crippen LogP contribution in [0, 0.1) is 5.82 Å². The normalized spacial score (nSPS) is 10.3. The number of benzene rings is 1. The number of hydrogen-bond donors (Lipinski definition) is 1. The highest BCUT2D eigenvalue weighted by atomic mass is 35.5. The van der Waals surface area contributed by atoms with Crippen LogP contribution in [-0.2, 0) is 0 Å². The van der Waals surface area contributed by atoms with E-state index in [0.29, 0.717) is 0 Å². The van der Waals surface area contributed by atoms with Gasteiger partial charge in [-0.25, -0.2) is 9.18 Å². The highest BCUT2D eigenvalue weighted by Gasteiger charge is 2.12. The summed E-state index contributed by atoms with van der Waals surface area (Å²) in [5.41, 5.74) is -0.0505. The Labute approximate surface area is 111 Å². The van der Waals surface area contributed by atoms with Gasteiger partial charge in [0.15, 0.2) is 5.82 Å². The Hall–Kier alpha value is -2.28. The Balaban J connectivity index is 2.58. The van der Waals surface area contributed by atoms with Gasteiger partial charge in [0, 0.05) is 5.56 Å². The molecule has 0 unspecified atom stereocenters. The highest BCUT2D eigenvalue weighted by Crippen LogP contribution is 2.21. The molecule has 1 aromatic heterocycles. The monoisotopic (exact) mass is 283 g/mol. The Bertz CT molecular complexity index is 651. The van der Waals surface area contributed by atoms with E-state index in [1.54, 1.807) is 0 Å². The highest BCUT2D eigenvalue weighted by molar-refractivity contribution is 6.28. The standard InChI is InChI=1S/C11H7ClFN3O3/c1-19-11-15-8(14-10(12)16-11)5-2-6(9(17)18)4-7(13)3-5/h2-4H,1H3,(H,17,18). The minimum Gasteiger partial charge on any atom is -0.478 e. The number of carboxylic acid groups (broad SMARTS) is 1. The zero-order chi connectivity index (χ0) is 14.0. The number of aromatic nitrogens is 3.